The van der Waals surface area contributed by atoms with Crippen molar-refractivity contribution in [1.82, 2.24) is 15.1 Å². The first kappa shape index (κ1) is 20.6. The molecule has 0 spiro atoms. The van der Waals surface area contributed by atoms with E-state index < -0.39 is 0 Å². The van der Waals surface area contributed by atoms with Crippen molar-refractivity contribution in [2.75, 3.05) is 38.2 Å². The number of nitrogens with zero attached hydrogens (tertiary/aromatic N) is 3. The highest BCUT2D eigenvalue weighted by molar-refractivity contribution is 6.00. The van der Waals surface area contributed by atoms with Gasteiger partial charge in [-0.25, -0.2) is 0 Å². The van der Waals surface area contributed by atoms with Crippen LogP contribution in [0.25, 0.3) is 0 Å². The fourth-order valence-corrected chi connectivity index (χ4v) is 3.82. The Hall–Kier alpha value is -3.10. The van der Waals surface area contributed by atoms with Crippen molar-refractivity contribution in [2.24, 2.45) is 0 Å². The van der Waals surface area contributed by atoms with E-state index in [0.29, 0.717) is 56.9 Å². The molecule has 3 rings (SSSR count). The van der Waals surface area contributed by atoms with Crippen LogP contribution in [0.15, 0.2) is 12.1 Å². The summed E-state index contributed by atoms with van der Waals surface area (Å²) in [5, 5.41) is 2.12. The first-order valence-corrected chi connectivity index (χ1v) is 9.67. The number of piperazine rings is 1. The molecule has 1 fully saturated rings. The number of hydrogen-bond donors (Lipinski definition) is 1. The standard InChI is InChI=1S/C20H26N4O5/c1-14(3-4-19(27)21-12-25)24-11-15-9-17(18(29-2)10-16(15)20(24)28)23-7-5-22(13-26)6-8-23/h9-10,12-14H,3-8,11H2,1-2H3,(H,21,25,27). The van der Waals surface area contributed by atoms with Gasteiger partial charge in [0, 0.05) is 50.7 Å². The van der Waals surface area contributed by atoms with E-state index in [1.165, 1.54) is 0 Å². The number of methoxy groups -OCH3 is 1. The average molecular weight is 402 g/mol. The number of fused-ring (bicyclic) bond motifs is 1. The number of rotatable bonds is 8. The molecule has 0 saturated carbocycles. The van der Waals surface area contributed by atoms with Crippen molar-refractivity contribution in [3.05, 3.63) is 23.3 Å². The van der Waals surface area contributed by atoms with Gasteiger partial charge in [0.2, 0.25) is 18.7 Å². The number of carbonyl (C=O) groups excluding carboxylic acids is 4. The number of imide groups is 1. The Balaban J connectivity index is 1.74. The molecule has 2 aliphatic rings. The van der Waals surface area contributed by atoms with Gasteiger partial charge in [0.1, 0.15) is 5.75 Å². The molecular formula is C20H26N4O5. The van der Waals surface area contributed by atoms with E-state index in [2.05, 4.69) is 10.2 Å². The van der Waals surface area contributed by atoms with Gasteiger partial charge in [0.15, 0.2) is 0 Å². The van der Waals surface area contributed by atoms with Crippen LogP contribution >= 0.6 is 0 Å². The van der Waals surface area contributed by atoms with E-state index in [-0.39, 0.29) is 24.3 Å². The fraction of sp³-hybridized carbons (Fsp3) is 0.500. The molecule has 1 aromatic rings. The number of ether oxygens (including phenoxy) is 1. The molecule has 0 aromatic heterocycles. The predicted molar refractivity (Wildman–Crippen MR) is 106 cm³/mol. The van der Waals surface area contributed by atoms with Crippen molar-refractivity contribution >= 4 is 30.3 Å². The molecule has 4 amide bonds. The summed E-state index contributed by atoms with van der Waals surface area (Å²) in [5.74, 6) is 0.199. The third-order valence-corrected chi connectivity index (χ3v) is 5.58. The monoisotopic (exact) mass is 402 g/mol. The lowest BCUT2D eigenvalue weighted by Crippen LogP contribution is -2.45. The molecule has 29 heavy (non-hydrogen) atoms. The maximum atomic E-state index is 12.9. The number of nitrogens with one attached hydrogen (secondary N) is 1. The molecule has 2 heterocycles. The highest BCUT2D eigenvalue weighted by Gasteiger charge is 2.33. The van der Waals surface area contributed by atoms with Gasteiger partial charge in [-0.05, 0) is 31.0 Å². The van der Waals surface area contributed by atoms with Crippen LogP contribution in [0.5, 0.6) is 5.75 Å². The number of benzene rings is 1. The van der Waals surface area contributed by atoms with E-state index in [1.807, 2.05) is 13.0 Å². The van der Waals surface area contributed by atoms with Gasteiger partial charge in [0.05, 0.1) is 12.8 Å². The first-order chi connectivity index (χ1) is 14.0. The summed E-state index contributed by atoms with van der Waals surface area (Å²) in [6, 6.07) is 3.64. The van der Waals surface area contributed by atoms with Crippen LogP contribution in [-0.4, -0.2) is 73.8 Å². The Morgan fingerprint density at radius 3 is 2.59 bits per heavy atom. The zero-order valence-corrected chi connectivity index (χ0v) is 16.7. The Morgan fingerprint density at radius 1 is 1.24 bits per heavy atom. The van der Waals surface area contributed by atoms with Gasteiger partial charge in [0.25, 0.3) is 5.91 Å². The van der Waals surface area contributed by atoms with Crippen LogP contribution in [0.1, 0.15) is 35.7 Å². The molecule has 1 saturated heterocycles. The highest BCUT2D eigenvalue weighted by Crippen LogP contribution is 2.37. The third-order valence-electron chi connectivity index (χ3n) is 5.58. The topological polar surface area (TPSA) is 99.3 Å². The Kier molecular flexibility index (Phi) is 6.36. The SMILES string of the molecule is COc1cc2c(cc1N1CCN(C=O)CC1)CN(C(C)CCC(=O)NC=O)C2=O. The second-order valence-electron chi connectivity index (χ2n) is 7.32. The van der Waals surface area contributed by atoms with E-state index in [0.717, 1.165) is 17.7 Å². The summed E-state index contributed by atoms with van der Waals surface area (Å²) in [5.41, 5.74) is 2.46. The lowest BCUT2D eigenvalue weighted by Gasteiger charge is -2.35. The molecule has 1 unspecified atom stereocenters. The van der Waals surface area contributed by atoms with Crippen molar-refractivity contribution in [1.29, 1.82) is 0 Å². The Labute approximate surface area is 169 Å². The minimum absolute atomic E-state index is 0.0843. The van der Waals surface area contributed by atoms with Crippen molar-refractivity contribution in [2.45, 2.75) is 32.4 Å². The quantitative estimate of drug-likeness (QED) is 0.631. The molecule has 9 nitrogen and oxygen atoms in total. The predicted octanol–water partition coefficient (Wildman–Crippen LogP) is 0.371. The van der Waals surface area contributed by atoms with Gasteiger partial charge in [-0.2, -0.15) is 0 Å². The molecule has 9 heteroatoms. The lowest BCUT2D eigenvalue weighted by atomic mass is 10.1. The third kappa shape index (κ3) is 4.33. The molecule has 0 aliphatic carbocycles. The van der Waals surface area contributed by atoms with Crippen LogP contribution in [0.4, 0.5) is 5.69 Å². The molecule has 0 radical (unpaired) electrons. The number of carbonyl (C=O) groups is 4. The van der Waals surface area contributed by atoms with E-state index >= 15 is 0 Å². The first-order valence-electron chi connectivity index (χ1n) is 9.67. The normalized spacial score (nSPS) is 17.0. The summed E-state index contributed by atoms with van der Waals surface area (Å²) in [6.07, 6.45) is 1.88. The van der Waals surface area contributed by atoms with Gasteiger partial charge in [-0.15, -0.1) is 0 Å². The molecule has 0 bridgehead atoms. The number of anilines is 1. The average Bonchev–Trinajstić information content (AvgIpc) is 3.07. The van der Waals surface area contributed by atoms with Gasteiger partial charge in [-0.1, -0.05) is 0 Å². The summed E-state index contributed by atoms with van der Waals surface area (Å²) in [4.78, 5) is 51.4. The fourth-order valence-electron chi connectivity index (χ4n) is 3.82. The van der Waals surface area contributed by atoms with Gasteiger partial charge in [-0.3, -0.25) is 24.5 Å². The van der Waals surface area contributed by atoms with Gasteiger partial charge >= 0.3 is 0 Å². The Bertz CT molecular complexity index is 804. The molecule has 2 aliphatic heterocycles. The van der Waals surface area contributed by atoms with Crippen molar-refractivity contribution in [3.8, 4) is 5.75 Å². The summed E-state index contributed by atoms with van der Waals surface area (Å²) in [7, 11) is 1.58. The number of hydrogen-bond acceptors (Lipinski definition) is 6. The second-order valence-corrected chi connectivity index (χ2v) is 7.32. The molecular weight excluding hydrogens is 376 g/mol. The van der Waals surface area contributed by atoms with Crippen LogP contribution < -0.4 is 15.0 Å². The maximum Gasteiger partial charge on any atom is 0.254 e. The summed E-state index contributed by atoms with van der Waals surface area (Å²) >= 11 is 0. The second kappa shape index (κ2) is 8.93. The van der Waals surface area contributed by atoms with E-state index in [1.54, 1.807) is 23.0 Å². The van der Waals surface area contributed by atoms with Crippen molar-refractivity contribution in [3.63, 3.8) is 0 Å². The highest BCUT2D eigenvalue weighted by atomic mass is 16.5. The van der Waals surface area contributed by atoms with E-state index in [4.69, 9.17) is 4.74 Å². The van der Waals surface area contributed by atoms with Crippen LogP contribution in [0.2, 0.25) is 0 Å². The van der Waals surface area contributed by atoms with Crippen LogP contribution in [0.3, 0.4) is 0 Å². The maximum absolute atomic E-state index is 12.9. The molecule has 1 atom stereocenters. The van der Waals surface area contributed by atoms with E-state index in [9.17, 15) is 19.2 Å². The minimum Gasteiger partial charge on any atom is -0.495 e. The van der Waals surface area contributed by atoms with Crippen LogP contribution in [0, 0.1) is 0 Å². The lowest BCUT2D eigenvalue weighted by molar-refractivity contribution is -0.125. The molecule has 1 aromatic carbocycles. The molecule has 156 valence electrons. The summed E-state index contributed by atoms with van der Waals surface area (Å²) in [6.45, 7) is 5.07. The van der Waals surface area contributed by atoms with Gasteiger partial charge < -0.3 is 19.4 Å². The zero-order chi connectivity index (χ0) is 21.0. The number of amides is 4. The largest absolute Gasteiger partial charge is 0.495 e. The van der Waals surface area contributed by atoms with Crippen molar-refractivity contribution < 1.29 is 23.9 Å². The van der Waals surface area contributed by atoms with Crippen LogP contribution in [-0.2, 0) is 20.9 Å². The molecule has 1 N–H and O–H groups in total. The smallest absolute Gasteiger partial charge is 0.254 e. The minimum atomic E-state index is -0.352. The Morgan fingerprint density at radius 2 is 1.97 bits per heavy atom. The summed E-state index contributed by atoms with van der Waals surface area (Å²) < 4.78 is 5.55. The zero-order valence-electron chi connectivity index (χ0n) is 16.7.